The molecule has 6 aromatic carbocycles. The third-order valence-electron chi connectivity index (χ3n) is 8.54. The predicted octanol–water partition coefficient (Wildman–Crippen LogP) is 10.1. The lowest BCUT2D eigenvalue weighted by Crippen LogP contribution is -2.16. The number of fused-ring (bicyclic) bond motifs is 4. The minimum atomic E-state index is 0.176. The first-order valence-corrected chi connectivity index (χ1v) is 16.1. The topological polar surface area (TPSA) is 33.7 Å². The molecule has 0 aliphatic carbocycles. The summed E-state index contributed by atoms with van der Waals surface area (Å²) in [6.07, 6.45) is 0. The van der Waals surface area contributed by atoms with E-state index in [0.29, 0.717) is 0 Å². The van der Waals surface area contributed by atoms with Gasteiger partial charge in [0.05, 0.1) is 19.9 Å². The Bertz CT molecular complexity index is 2020. The van der Waals surface area contributed by atoms with Crippen LogP contribution in [-0.4, -0.2) is 21.3 Å². The van der Waals surface area contributed by atoms with Crippen molar-refractivity contribution in [1.82, 2.24) is 0 Å². The molecule has 8 rings (SSSR count). The molecule has 0 saturated carbocycles. The van der Waals surface area contributed by atoms with Crippen molar-refractivity contribution < 1.29 is 9.47 Å². The highest BCUT2D eigenvalue weighted by Gasteiger charge is 2.29. The fourth-order valence-corrected chi connectivity index (χ4v) is 8.85. The summed E-state index contributed by atoms with van der Waals surface area (Å²) in [4.78, 5) is 4.97. The first-order valence-electron chi connectivity index (χ1n) is 14.4. The zero-order chi connectivity index (χ0) is 29.1. The third kappa shape index (κ3) is 4.31. The van der Waals surface area contributed by atoms with Gasteiger partial charge in [0.1, 0.15) is 22.2 Å². The average molecular weight is 599 g/mol. The Morgan fingerprint density at radius 2 is 1.23 bits per heavy atom. The molecule has 43 heavy (non-hydrogen) atoms. The van der Waals surface area contributed by atoms with Crippen molar-refractivity contribution >= 4 is 56.4 Å². The standard InChI is InChI=1S/C37H30N2O2S2/c1-39-29-9-5-7-11-33(29)43-37(39)25-13-17-27-23(21-25)15-19-31(41-3)35(27)34-26-16-12-24(20-22(26)14-18-30(34)40-2)36-38-28-8-4-6-10-32(28)42-36/h4-21,36-38H,1-3H3. The molecule has 0 amide bonds. The number of methoxy groups -OCH3 is 2. The number of hydrogen-bond donors (Lipinski definition) is 1. The number of benzene rings is 6. The van der Waals surface area contributed by atoms with Crippen LogP contribution in [0, 0.1) is 0 Å². The number of nitrogens with zero attached hydrogens (tertiary/aromatic N) is 1. The lowest BCUT2D eigenvalue weighted by atomic mass is 9.91. The van der Waals surface area contributed by atoms with Gasteiger partial charge in [-0.05, 0) is 81.2 Å². The Morgan fingerprint density at radius 3 is 1.88 bits per heavy atom. The molecule has 0 aromatic heterocycles. The lowest BCUT2D eigenvalue weighted by Gasteiger charge is -2.23. The zero-order valence-corrected chi connectivity index (χ0v) is 25.8. The van der Waals surface area contributed by atoms with Crippen LogP contribution < -0.4 is 19.7 Å². The van der Waals surface area contributed by atoms with Crippen molar-refractivity contribution in [2.45, 2.75) is 20.5 Å². The van der Waals surface area contributed by atoms with Crippen LogP contribution in [0.1, 0.15) is 21.9 Å². The van der Waals surface area contributed by atoms with E-state index in [9.17, 15) is 0 Å². The maximum absolute atomic E-state index is 6.01. The molecular weight excluding hydrogens is 569 g/mol. The monoisotopic (exact) mass is 598 g/mol. The largest absolute Gasteiger partial charge is 0.496 e. The summed E-state index contributed by atoms with van der Waals surface area (Å²) in [6.45, 7) is 0. The van der Waals surface area contributed by atoms with Crippen LogP contribution in [0.2, 0.25) is 0 Å². The fraction of sp³-hybridized carbons (Fsp3) is 0.135. The van der Waals surface area contributed by atoms with E-state index in [-0.39, 0.29) is 10.7 Å². The smallest absolute Gasteiger partial charge is 0.127 e. The highest BCUT2D eigenvalue weighted by molar-refractivity contribution is 8.00. The van der Waals surface area contributed by atoms with Gasteiger partial charge in [0.2, 0.25) is 0 Å². The molecular formula is C37H30N2O2S2. The Kier molecular flexibility index (Phi) is 6.42. The Labute approximate surface area is 260 Å². The summed E-state index contributed by atoms with van der Waals surface area (Å²) in [5, 5.41) is 8.71. The summed E-state index contributed by atoms with van der Waals surface area (Å²) in [6, 6.07) is 39.3. The van der Waals surface area contributed by atoms with Gasteiger partial charge in [-0.1, -0.05) is 84.2 Å². The first-order chi connectivity index (χ1) is 21.1. The molecule has 4 nitrogen and oxygen atoms in total. The molecule has 2 heterocycles. The van der Waals surface area contributed by atoms with Crippen LogP contribution >= 0.6 is 23.5 Å². The van der Waals surface area contributed by atoms with E-state index < -0.39 is 0 Å². The van der Waals surface area contributed by atoms with Crippen molar-refractivity contribution in [2.75, 3.05) is 31.5 Å². The zero-order valence-electron chi connectivity index (χ0n) is 24.1. The van der Waals surface area contributed by atoms with Crippen LogP contribution in [0.4, 0.5) is 11.4 Å². The highest BCUT2D eigenvalue weighted by Crippen LogP contribution is 2.52. The summed E-state index contributed by atoms with van der Waals surface area (Å²) in [5.41, 5.74) is 7.11. The number of nitrogens with one attached hydrogen (secondary N) is 1. The Balaban J connectivity index is 1.24. The molecule has 6 aromatic rings. The second kappa shape index (κ2) is 10.5. The van der Waals surface area contributed by atoms with Crippen LogP contribution in [0.15, 0.2) is 119 Å². The van der Waals surface area contributed by atoms with Crippen LogP contribution in [0.25, 0.3) is 32.7 Å². The van der Waals surface area contributed by atoms with E-state index in [4.69, 9.17) is 9.47 Å². The molecule has 1 N–H and O–H groups in total. The van der Waals surface area contributed by atoms with E-state index >= 15 is 0 Å². The van der Waals surface area contributed by atoms with E-state index in [0.717, 1.165) is 33.4 Å². The van der Waals surface area contributed by atoms with Crippen molar-refractivity contribution in [2.24, 2.45) is 0 Å². The van der Waals surface area contributed by atoms with E-state index in [1.165, 1.54) is 43.1 Å². The molecule has 2 aliphatic heterocycles. The molecule has 6 heteroatoms. The Hall–Kier alpha value is -4.26. The van der Waals surface area contributed by atoms with Crippen molar-refractivity contribution in [1.29, 1.82) is 0 Å². The van der Waals surface area contributed by atoms with Crippen molar-refractivity contribution in [3.05, 3.63) is 120 Å². The van der Waals surface area contributed by atoms with Crippen LogP contribution in [-0.2, 0) is 0 Å². The predicted molar refractivity (Wildman–Crippen MR) is 182 cm³/mol. The molecule has 0 spiro atoms. The number of anilines is 2. The minimum Gasteiger partial charge on any atom is -0.496 e. The summed E-state index contributed by atoms with van der Waals surface area (Å²) >= 11 is 3.77. The SMILES string of the molecule is COc1ccc2cc(C3Nc4ccccc4S3)ccc2c1-c1c(OC)ccc2cc(C3Sc4ccccc4N3C)ccc12. The van der Waals surface area contributed by atoms with Gasteiger partial charge in [0.25, 0.3) is 0 Å². The minimum absolute atomic E-state index is 0.176. The quantitative estimate of drug-likeness (QED) is 0.213. The van der Waals surface area contributed by atoms with Gasteiger partial charge in [-0.2, -0.15) is 0 Å². The lowest BCUT2D eigenvalue weighted by molar-refractivity contribution is 0.411. The van der Waals surface area contributed by atoms with Gasteiger partial charge in [0.15, 0.2) is 0 Å². The highest BCUT2D eigenvalue weighted by atomic mass is 32.2. The molecule has 0 fully saturated rings. The molecule has 0 radical (unpaired) electrons. The second-order valence-electron chi connectivity index (χ2n) is 10.9. The second-order valence-corrected chi connectivity index (χ2v) is 13.2. The Morgan fingerprint density at radius 1 is 0.628 bits per heavy atom. The molecule has 2 aliphatic rings. The number of ether oxygens (including phenoxy) is 2. The van der Waals surface area contributed by atoms with Crippen LogP contribution in [0.3, 0.4) is 0 Å². The normalized spacial score (nSPS) is 17.1. The molecule has 0 saturated heterocycles. The van der Waals surface area contributed by atoms with Gasteiger partial charge in [-0.25, -0.2) is 0 Å². The van der Waals surface area contributed by atoms with E-state index in [1.807, 2.05) is 23.5 Å². The van der Waals surface area contributed by atoms with Crippen molar-refractivity contribution in [3.8, 4) is 22.6 Å². The molecule has 2 atom stereocenters. The number of para-hydroxylation sites is 2. The summed E-state index contributed by atoms with van der Waals surface area (Å²) < 4.78 is 12.0. The molecule has 0 bridgehead atoms. The maximum Gasteiger partial charge on any atom is 0.127 e. The van der Waals surface area contributed by atoms with Gasteiger partial charge >= 0.3 is 0 Å². The van der Waals surface area contributed by atoms with Gasteiger partial charge in [-0.3, -0.25) is 0 Å². The van der Waals surface area contributed by atoms with E-state index in [1.54, 1.807) is 14.2 Å². The third-order valence-corrected chi connectivity index (χ3v) is 11.2. The summed E-state index contributed by atoms with van der Waals surface area (Å²) in [5.74, 6) is 1.66. The van der Waals surface area contributed by atoms with Gasteiger partial charge in [-0.15, -0.1) is 0 Å². The number of thioether (sulfide) groups is 2. The first kappa shape index (κ1) is 26.4. The molecule has 212 valence electrons. The number of hydrogen-bond acceptors (Lipinski definition) is 6. The van der Waals surface area contributed by atoms with Gasteiger partial charge in [0, 0.05) is 33.7 Å². The maximum atomic E-state index is 6.01. The molecule has 2 unspecified atom stereocenters. The fourth-order valence-electron chi connectivity index (χ4n) is 6.43. The summed E-state index contributed by atoms with van der Waals surface area (Å²) in [7, 11) is 5.67. The number of rotatable bonds is 5. The van der Waals surface area contributed by atoms with E-state index in [2.05, 4.69) is 126 Å². The van der Waals surface area contributed by atoms with Crippen LogP contribution in [0.5, 0.6) is 11.5 Å². The van der Waals surface area contributed by atoms with Gasteiger partial charge < -0.3 is 19.7 Å². The van der Waals surface area contributed by atoms with Crippen molar-refractivity contribution in [3.63, 3.8) is 0 Å². The average Bonchev–Trinajstić information content (AvgIpc) is 3.64.